The lowest BCUT2D eigenvalue weighted by atomic mass is 9.93. The maximum absolute atomic E-state index is 12.2. The van der Waals surface area contributed by atoms with E-state index in [1.807, 2.05) is 17.2 Å². The molecule has 2 rings (SSSR count). The highest BCUT2D eigenvalue weighted by Gasteiger charge is 2.26. The monoisotopic (exact) mass is 345 g/mol. The number of aryl methyl sites for hydroxylation is 1. The highest BCUT2D eigenvalue weighted by Crippen LogP contribution is 2.23. The Bertz CT molecular complexity index is 433. The van der Waals surface area contributed by atoms with Crippen LogP contribution in [-0.2, 0) is 11.2 Å². The standard InChI is InChI=1S/C14H20BrNO2S/c1-10(17)11-3-2-6-16(8-11)14(18)5-4-13-7-12(15)9-19-13/h7,9-11,17H,2-6,8H2,1H3. The molecule has 1 aromatic heterocycles. The van der Waals surface area contributed by atoms with Crippen LogP contribution in [0.4, 0.5) is 0 Å². The van der Waals surface area contributed by atoms with E-state index in [1.165, 1.54) is 4.88 Å². The number of likely N-dealkylation sites (tertiary alicyclic amines) is 1. The normalized spacial score (nSPS) is 21.4. The Morgan fingerprint density at radius 2 is 2.47 bits per heavy atom. The van der Waals surface area contributed by atoms with E-state index in [1.54, 1.807) is 11.3 Å². The second-order valence-corrected chi connectivity index (χ2v) is 7.13. The molecule has 0 aliphatic carbocycles. The molecule has 1 saturated heterocycles. The van der Waals surface area contributed by atoms with Crippen molar-refractivity contribution >= 4 is 33.2 Å². The number of amides is 1. The smallest absolute Gasteiger partial charge is 0.222 e. The average molecular weight is 346 g/mol. The highest BCUT2D eigenvalue weighted by atomic mass is 79.9. The van der Waals surface area contributed by atoms with Crippen LogP contribution in [0, 0.1) is 5.92 Å². The van der Waals surface area contributed by atoms with Gasteiger partial charge in [0, 0.05) is 40.2 Å². The largest absolute Gasteiger partial charge is 0.393 e. The third-order valence-corrected chi connectivity index (χ3v) is 5.46. The minimum absolute atomic E-state index is 0.217. The summed E-state index contributed by atoms with van der Waals surface area (Å²) in [7, 11) is 0. The molecule has 2 unspecified atom stereocenters. The van der Waals surface area contributed by atoms with Gasteiger partial charge in [0.1, 0.15) is 0 Å². The zero-order chi connectivity index (χ0) is 13.8. The molecule has 1 fully saturated rings. The van der Waals surface area contributed by atoms with Gasteiger partial charge in [-0.05, 0) is 48.2 Å². The number of hydrogen-bond acceptors (Lipinski definition) is 3. The first-order valence-corrected chi connectivity index (χ1v) is 8.42. The maximum atomic E-state index is 12.2. The van der Waals surface area contributed by atoms with Crippen LogP contribution >= 0.6 is 27.3 Å². The zero-order valence-corrected chi connectivity index (χ0v) is 13.5. The number of aliphatic hydroxyl groups is 1. The van der Waals surface area contributed by atoms with Crippen molar-refractivity contribution in [2.75, 3.05) is 13.1 Å². The fraction of sp³-hybridized carbons (Fsp3) is 0.643. The third kappa shape index (κ3) is 4.29. The first-order valence-electron chi connectivity index (χ1n) is 6.75. The Labute approximate surface area is 126 Å². The molecule has 0 aromatic carbocycles. The summed E-state index contributed by atoms with van der Waals surface area (Å²) in [6.07, 6.45) is 3.10. The lowest BCUT2D eigenvalue weighted by molar-refractivity contribution is -0.133. The minimum Gasteiger partial charge on any atom is -0.393 e. The number of halogens is 1. The van der Waals surface area contributed by atoms with E-state index in [0.717, 1.165) is 30.3 Å². The minimum atomic E-state index is -0.316. The fourth-order valence-electron chi connectivity index (χ4n) is 2.50. The molecule has 0 radical (unpaired) electrons. The third-order valence-electron chi connectivity index (χ3n) is 3.70. The summed E-state index contributed by atoms with van der Waals surface area (Å²) in [5.41, 5.74) is 0. The molecule has 0 spiro atoms. The van der Waals surface area contributed by atoms with Crippen LogP contribution in [0.3, 0.4) is 0 Å². The van der Waals surface area contributed by atoms with Gasteiger partial charge in [-0.25, -0.2) is 0 Å². The predicted octanol–water partition coefficient (Wildman–Crippen LogP) is 3.06. The van der Waals surface area contributed by atoms with E-state index in [0.29, 0.717) is 13.0 Å². The summed E-state index contributed by atoms with van der Waals surface area (Å²) in [6.45, 7) is 3.38. The Kier molecular flexibility index (Phi) is 5.42. The topological polar surface area (TPSA) is 40.5 Å². The van der Waals surface area contributed by atoms with Crippen molar-refractivity contribution in [2.45, 2.75) is 38.7 Å². The second kappa shape index (κ2) is 6.86. The summed E-state index contributed by atoms with van der Waals surface area (Å²) in [5, 5.41) is 11.7. The molecular weight excluding hydrogens is 326 g/mol. The molecule has 0 bridgehead atoms. The van der Waals surface area contributed by atoms with Gasteiger partial charge in [0.05, 0.1) is 6.10 Å². The van der Waals surface area contributed by atoms with Crippen molar-refractivity contribution in [1.29, 1.82) is 0 Å². The van der Waals surface area contributed by atoms with E-state index >= 15 is 0 Å². The molecule has 19 heavy (non-hydrogen) atoms. The zero-order valence-electron chi connectivity index (χ0n) is 11.1. The fourth-order valence-corrected chi connectivity index (χ4v) is 3.96. The summed E-state index contributed by atoms with van der Waals surface area (Å²) >= 11 is 5.11. The van der Waals surface area contributed by atoms with Crippen LogP contribution in [0.25, 0.3) is 0 Å². The van der Waals surface area contributed by atoms with Crippen molar-refractivity contribution in [1.82, 2.24) is 4.90 Å². The van der Waals surface area contributed by atoms with Gasteiger partial charge in [-0.2, -0.15) is 0 Å². The first kappa shape index (κ1) is 15.0. The van der Waals surface area contributed by atoms with Crippen molar-refractivity contribution in [3.63, 3.8) is 0 Å². The SMILES string of the molecule is CC(O)C1CCCN(C(=O)CCc2cc(Br)cs2)C1. The molecule has 0 saturated carbocycles. The number of carbonyl (C=O) groups is 1. The van der Waals surface area contributed by atoms with Gasteiger partial charge in [0.25, 0.3) is 0 Å². The van der Waals surface area contributed by atoms with Crippen molar-refractivity contribution in [2.24, 2.45) is 5.92 Å². The summed E-state index contributed by atoms with van der Waals surface area (Å²) in [6, 6.07) is 2.08. The number of aliphatic hydroxyl groups excluding tert-OH is 1. The van der Waals surface area contributed by atoms with Crippen LogP contribution < -0.4 is 0 Å². The molecule has 2 atom stereocenters. The van der Waals surface area contributed by atoms with Crippen molar-refractivity contribution in [3.8, 4) is 0 Å². The Morgan fingerprint density at radius 3 is 3.11 bits per heavy atom. The number of piperidine rings is 1. The lowest BCUT2D eigenvalue weighted by Gasteiger charge is -2.34. The average Bonchev–Trinajstić information content (AvgIpc) is 2.82. The number of hydrogen-bond donors (Lipinski definition) is 1. The summed E-state index contributed by atoms with van der Waals surface area (Å²) in [4.78, 5) is 15.3. The van der Waals surface area contributed by atoms with E-state index in [4.69, 9.17) is 0 Å². The van der Waals surface area contributed by atoms with E-state index < -0.39 is 0 Å². The number of nitrogens with zero attached hydrogens (tertiary/aromatic N) is 1. The van der Waals surface area contributed by atoms with Crippen LogP contribution in [0.1, 0.15) is 31.1 Å². The maximum Gasteiger partial charge on any atom is 0.222 e. The molecule has 1 aromatic rings. The van der Waals surface area contributed by atoms with Gasteiger partial charge >= 0.3 is 0 Å². The summed E-state index contributed by atoms with van der Waals surface area (Å²) in [5.74, 6) is 0.462. The quantitative estimate of drug-likeness (QED) is 0.910. The molecule has 1 amide bonds. The van der Waals surface area contributed by atoms with Gasteiger partial charge in [0.15, 0.2) is 0 Å². The van der Waals surface area contributed by atoms with Gasteiger partial charge < -0.3 is 10.0 Å². The molecule has 1 aliphatic heterocycles. The number of carbonyl (C=O) groups excluding carboxylic acids is 1. The van der Waals surface area contributed by atoms with E-state index in [-0.39, 0.29) is 17.9 Å². The van der Waals surface area contributed by atoms with Crippen LogP contribution in [0.2, 0.25) is 0 Å². The van der Waals surface area contributed by atoms with Crippen LogP contribution in [0.5, 0.6) is 0 Å². The lowest BCUT2D eigenvalue weighted by Crippen LogP contribution is -2.43. The van der Waals surface area contributed by atoms with E-state index in [2.05, 4.69) is 22.0 Å². The van der Waals surface area contributed by atoms with Gasteiger partial charge in [-0.15, -0.1) is 11.3 Å². The molecule has 5 heteroatoms. The molecule has 1 N–H and O–H groups in total. The van der Waals surface area contributed by atoms with Crippen LogP contribution in [-0.4, -0.2) is 35.1 Å². The van der Waals surface area contributed by atoms with Gasteiger partial charge in [-0.3, -0.25) is 4.79 Å². The van der Waals surface area contributed by atoms with Crippen molar-refractivity contribution in [3.05, 3.63) is 20.8 Å². The van der Waals surface area contributed by atoms with Gasteiger partial charge in [-0.1, -0.05) is 0 Å². The molecule has 106 valence electrons. The first-order chi connectivity index (χ1) is 9.06. The predicted molar refractivity (Wildman–Crippen MR) is 81.3 cm³/mol. The Hall–Kier alpha value is -0.390. The molecular formula is C14H20BrNO2S. The van der Waals surface area contributed by atoms with Gasteiger partial charge in [0.2, 0.25) is 5.91 Å². The Balaban J connectivity index is 1.82. The molecule has 1 aliphatic rings. The van der Waals surface area contributed by atoms with Crippen molar-refractivity contribution < 1.29 is 9.90 Å². The number of thiophene rings is 1. The van der Waals surface area contributed by atoms with E-state index in [9.17, 15) is 9.90 Å². The Morgan fingerprint density at radius 1 is 1.68 bits per heavy atom. The molecule has 3 nitrogen and oxygen atoms in total. The van der Waals surface area contributed by atoms with Crippen LogP contribution in [0.15, 0.2) is 15.9 Å². The highest BCUT2D eigenvalue weighted by molar-refractivity contribution is 9.10. The second-order valence-electron chi connectivity index (χ2n) is 5.21. The number of rotatable bonds is 4. The summed E-state index contributed by atoms with van der Waals surface area (Å²) < 4.78 is 1.09. The molecule has 2 heterocycles.